The number of rotatable bonds is 14. The summed E-state index contributed by atoms with van der Waals surface area (Å²) < 4.78 is 54.1. The molecule has 1 unspecified atom stereocenters. The highest BCUT2D eigenvalue weighted by atomic mass is 32.2. The largest absolute Gasteiger partial charge is 0.390 e. The molecule has 3 atom stereocenters. The van der Waals surface area contributed by atoms with Crippen LogP contribution < -0.4 is 5.32 Å². The van der Waals surface area contributed by atoms with Crippen molar-refractivity contribution in [3.8, 4) is 0 Å². The maximum absolute atomic E-state index is 13.7. The number of carbonyl (C=O) groups is 1. The first-order valence-corrected chi connectivity index (χ1v) is 15.3. The number of aliphatic hydroxyl groups excluding tert-OH is 1. The van der Waals surface area contributed by atoms with E-state index in [1.807, 2.05) is 44.2 Å². The molecule has 2 rings (SSSR count). The van der Waals surface area contributed by atoms with E-state index in [1.165, 1.54) is 37.5 Å². The van der Waals surface area contributed by atoms with E-state index in [4.69, 9.17) is 0 Å². The van der Waals surface area contributed by atoms with Gasteiger partial charge in [0.1, 0.15) is 0 Å². The Morgan fingerprint density at radius 3 is 1.97 bits per heavy atom. The number of nitrogens with zero attached hydrogens (tertiary/aromatic N) is 2. The maximum atomic E-state index is 13.7. The summed E-state index contributed by atoms with van der Waals surface area (Å²) in [6.07, 6.45) is -1.03. The van der Waals surface area contributed by atoms with Gasteiger partial charge < -0.3 is 10.4 Å². The molecule has 0 radical (unpaired) electrons. The molecule has 0 spiro atoms. The summed E-state index contributed by atoms with van der Waals surface area (Å²) in [5, 5.41) is 13.9. The van der Waals surface area contributed by atoms with Gasteiger partial charge >= 0.3 is 0 Å². The van der Waals surface area contributed by atoms with E-state index in [9.17, 15) is 26.7 Å². The van der Waals surface area contributed by atoms with Crippen LogP contribution in [0.4, 0.5) is 0 Å². The summed E-state index contributed by atoms with van der Waals surface area (Å²) in [5.74, 6) is -1.80. The first kappa shape index (κ1) is 30.9. The molecule has 11 heteroatoms. The zero-order valence-electron chi connectivity index (χ0n) is 22.1. The Labute approximate surface area is 221 Å². The molecule has 2 aromatic carbocycles. The number of amides is 1. The van der Waals surface area contributed by atoms with Crippen LogP contribution in [0.3, 0.4) is 0 Å². The molecule has 2 N–H and O–H groups in total. The van der Waals surface area contributed by atoms with Gasteiger partial charge in [-0.2, -0.15) is 4.31 Å². The van der Waals surface area contributed by atoms with Gasteiger partial charge in [-0.3, -0.25) is 4.79 Å². The molecule has 0 heterocycles. The van der Waals surface area contributed by atoms with E-state index in [1.54, 1.807) is 18.2 Å². The molecule has 206 valence electrons. The monoisotopic (exact) mass is 553 g/mol. The minimum atomic E-state index is -3.97. The van der Waals surface area contributed by atoms with Crippen LogP contribution in [-0.4, -0.2) is 81.5 Å². The van der Waals surface area contributed by atoms with Crippen molar-refractivity contribution >= 4 is 26.0 Å². The van der Waals surface area contributed by atoms with Gasteiger partial charge in [-0.25, -0.2) is 21.1 Å². The number of benzene rings is 2. The normalized spacial score (nSPS) is 15.1. The molecular formula is C26H39N3O6S2. The lowest BCUT2D eigenvalue weighted by Gasteiger charge is -2.35. The molecule has 9 nitrogen and oxygen atoms in total. The second-order valence-corrected chi connectivity index (χ2v) is 13.9. The predicted molar refractivity (Wildman–Crippen MR) is 145 cm³/mol. The summed E-state index contributed by atoms with van der Waals surface area (Å²) >= 11 is 0. The van der Waals surface area contributed by atoms with Crippen LogP contribution in [-0.2, 0) is 31.3 Å². The zero-order chi connectivity index (χ0) is 27.8. The smallest absolute Gasteiger partial charge is 0.243 e. The standard InChI is InChI=1S/C26H39N3O6S2/c1-20(2)18-29(37(34,35)23-14-10-7-11-15-23)24(16-22-12-8-6-9-13-22)25(30)17-27-26(31)21(3)19-36(32,33)28(4)5/h6-15,20-21,24-25,30H,16-19H2,1-5H3,(H,27,31)/t21-,24?,25+/m0/s1. The van der Waals surface area contributed by atoms with Gasteiger partial charge in [0, 0.05) is 27.2 Å². The third-order valence-corrected chi connectivity index (χ3v) is 9.89. The fourth-order valence-electron chi connectivity index (χ4n) is 3.84. The predicted octanol–water partition coefficient (Wildman–Crippen LogP) is 1.95. The fraction of sp³-hybridized carbons (Fsp3) is 0.500. The van der Waals surface area contributed by atoms with Crippen molar-refractivity contribution in [2.45, 2.75) is 44.2 Å². The summed E-state index contributed by atoms with van der Waals surface area (Å²) in [5.41, 5.74) is 0.834. The van der Waals surface area contributed by atoms with Gasteiger partial charge in [-0.05, 0) is 30.0 Å². The Hall–Kier alpha value is -2.31. The molecule has 0 aliphatic heterocycles. The Morgan fingerprint density at radius 1 is 0.919 bits per heavy atom. The molecule has 0 saturated carbocycles. The summed E-state index contributed by atoms with van der Waals surface area (Å²) in [4.78, 5) is 12.8. The van der Waals surface area contributed by atoms with Crippen LogP contribution >= 0.6 is 0 Å². The number of hydrogen-bond acceptors (Lipinski definition) is 6. The van der Waals surface area contributed by atoms with Gasteiger partial charge in [0.2, 0.25) is 26.0 Å². The molecule has 0 fully saturated rings. The molecule has 0 saturated heterocycles. The van der Waals surface area contributed by atoms with Crippen LogP contribution in [0.5, 0.6) is 0 Å². The minimum absolute atomic E-state index is 0.0326. The van der Waals surface area contributed by atoms with Crippen molar-refractivity contribution in [2.75, 3.05) is 32.9 Å². The van der Waals surface area contributed by atoms with E-state index in [2.05, 4.69) is 5.32 Å². The van der Waals surface area contributed by atoms with Crippen molar-refractivity contribution in [1.82, 2.24) is 13.9 Å². The second-order valence-electron chi connectivity index (χ2n) is 9.81. The van der Waals surface area contributed by atoms with Crippen molar-refractivity contribution in [1.29, 1.82) is 0 Å². The molecular weight excluding hydrogens is 514 g/mol. The van der Waals surface area contributed by atoms with Gasteiger partial charge in [0.25, 0.3) is 0 Å². The number of carbonyl (C=O) groups excluding carboxylic acids is 1. The topological polar surface area (TPSA) is 124 Å². The maximum Gasteiger partial charge on any atom is 0.243 e. The fourth-order valence-corrected chi connectivity index (χ4v) is 6.76. The quantitative estimate of drug-likeness (QED) is 0.369. The highest BCUT2D eigenvalue weighted by molar-refractivity contribution is 7.89. The van der Waals surface area contributed by atoms with Gasteiger partial charge in [0.15, 0.2) is 0 Å². The summed E-state index contributed by atoms with van der Waals surface area (Å²) in [6.45, 7) is 5.22. The Bertz CT molecular complexity index is 1200. The molecule has 1 amide bonds. The van der Waals surface area contributed by atoms with Crippen LogP contribution in [0.25, 0.3) is 0 Å². The minimum Gasteiger partial charge on any atom is -0.390 e. The zero-order valence-corrected chi connectivity index (χ0v) is 23.7. The lowest BCUT2D eigenvalue weighted by atomic mass is 10.00. The molecule has 0 bridgehead atoms. The number of nitrogens with one attached hydrogen (secondary N) is 1. The van der Waals surface area contributed by atoms with Crippen molar-refractivity contribution in [3.63, 3.8) is 0 Å². The van der Waals surface area contributed by atoms with Crippen LogP contribution in [0, 0.1) is 11.8 Å². The van der Waals surface area contributed by atoms with Gasteiger partial charge in [-0.15, -0.1) is 0 Å². The summed E-state index contributed by atoms with van der Waals surface area (Å²) in [6, 6.07) is 16.4. The SMILES string of the molecule is CC(C)CN(C(Cc1ccccc1)[C@H](O)CNC(=O)[C@@H](C)CS(=O)(=O)N(C)C)S(=O)(=O)c1ccccc1. The van der Waals surface area contributed by atoms with Crippen LogP contribution in [0.1, 0.15) is 26.3 Å². The average molecular weight is 554 g/mol. The second kappa shape index (κ2) is 13.5. The van der Waals surface area contributed by atoms with E-state index >= 15 is 0 Å². The molecule has 0 aliphatic rings. The third-order valence-electron chi connectivity index (χ3n) is 5.95. The highest BCUT2D eigenvalue weighted by Crippen LogP contribution is 2.24. The molecule has 2 aromatic rings. The van der Waals surface area contributed by atoms with E-state index in [0.29, 0.717) is 0 Å². The van der Waals surface area contributed by atoms with E-state index in [-0.39, 0.29) is 36.1 Å². The van der Waals surface area contributed by atoms with Crippen LogP contribution in [0.15, 0.2) is 65.6 Å². The average Bonchev–Trinajstić information content (AvgIpc) is 2.85. The number of sulfonamides is 2. The summed E-state index contributed by atoms with van der Waals surface area (Å²) in [7, 11) is -4.77. The molecule has 0 aliphatic carbocycles. The lowest BCUT2D eigenvalue weighted by Crippen LogP contribution is -2.53. The first-order chi connectivity index (χ1) is 17.3. The Kier molecular flexibility index (Phi) is 11.3. The first-order valence-electron chi connectivity index (χ1n) is 12.2. The highest BCUT2D eigenvalue weighted by Gasteiger charge is 2.36. The van der Waals surface area contributed by atoms with E-state index < -0.39 is 44.0 Å². The number of hydrogen-bond donors (Lipinski definition) is 2. The van der Waals surface area contributed by atoms with Crippen molar-refractivity contribution in [2.24, 2.45) is 11.8 Å². The van der Waals surface area contributed by atoms with Crippen LogP contribution in [0.2, 0.25) is 0 Å². The number of aliphatic hydroxyl groups is 1. The molecule has 0 aromatic heterocycles. The Balaban J connectivity index is 2.34. The molecule has 37 heavy (non-hydrogen) atoms. The van der Waals surface area contributed by atoms with Crippen molar-refractivity contribution < 1.29 is 26.7 Å². The van der Waals surface area contributed by atoms with Gasteiger partial charge in [0.05, 0.1) is 28.7 Å². The van der Waals surface area contributed by atoms with E-state index in [0.717, 1.165) is 9.87 Å². The lowest BCUT2D eigenvalue weighted by molar-refractivity contribution is -0.124. The van der Waals surface area contributed by atoms with Crippen molar-refractivity contribution in [3.05, 3.63) is 66.2 Å². The Morgan fingerprint density at radius 2 is 1.46 bits per heavy atom. The third kappa shape index (κ3) is 8.89. The van der Waals surface area contributed by atoms with Gasteiger partial charge in [-0.1, -0.05) is 69.3 Å².